The van der Waals surface area contributed by atoms with Crippen molar-refractivity contribution in [2.24, 2.45) is 0 Å². The molecule has 27 heavy (non-hydrogen) atoms. The molecule has 0 radical (unpaired) electrons. The van der Waals surface area contributed by atoms with Crippen LogP contribution in [0.2, 0.25) is 0 Å². The van der Waals surface area contributed by atoms with Gasteiger partial charge in [0, 0.05) is 9.58 Å². The van der Waals surface area contributed by atoms with Gasteiger partial charge in [-0.2, -0.15) is 0 Å². The Bertz CT molecular complexity index is 1080. The molecule has 3 aromatic carbocycles. The average molecular weight is 375 g/mol. The Labute approximate surface area is 162 Å². The lowest BCUT2D eigenvalue weighted by molar-refractivity contribution is -0.121. The van der Waals surface area contributed by atoms with Crippen LogP contribution >= 0.6 is 11.3 Å². The highest BCUT2D eigenvalue weighted by atomic mass is 32.1. The summed E-state index contributed by atoms with van der Waals surface area (Å²) in [6.45, 7) is 1.93. The molecule has 1 aromatic heterocycles. The number of aliphatic hydroxyl groups is 1. The zero-order valence-electron chi connectivity index (χ0n) is 15.1. The first-order valence-corrected chi connectivity index (χ1v) is 9.79. The fourth-order valence-corrected chi connectivity index (χ4v) is 4.39. The molecule has 0 aliphatic rings. The predicted octanol–water partition coefficient (Wildman–Crippen LogP) is 4.62. The molecule has 0 aliphatic heterocycles. The quantitative estimate of drug-likeness (QED) is 0.535. The van der Waals surface area contributed by atoms with Gasteiger partial charge in [0.25, 0.3) is 0 Å². The SMILES string of the molecule is C[C@@](O)(CNC(=O)Cc1cccc2ccccc12)c1cc2ccccc2s1. The number of amides is 1. The lowest BCUT2D eigenvalue weighted by atomic mass is 10.0. The van der Waals surface area contributed by atoms with Crippen molar-refractivity contribution in [3.8, 4) is 0 Å². The van der Waals surface area contributed by atoms with Crippen molar-refractivity contribution < 1.29 is 9.90 Å². The Morgan fingerprint density at radius 1 is 1.00 bits per heavy atom. The summed E-state index contributed by atoms with van der Waals surface area (Å²) >= 11 is 1.56. The molecule has 4 aromatic rings. The van der Waals surface area contributed by atoms with E-state index in [0.29, 0.717) is 6.42 Å². The molecule has 1 atom stereocenters. The summed E-state index contributed by atoms with van der Waals surface area (Å²) in [5.74, 6) is -0.0901. The number of carbonyl (C=O) groups excluding carboxylic acids is 1. The summed E-state index contributed by atoms with van der Waals surface area (Å²) in [6.07, 6.45) is 0.295. The van der Waals surface area contributed by atoms with Gasteiger partial charge in [-0.25, -0.2) is 0 Å². The minimum Gasteiger partial charge on any atom is -0.383 e. The Morgan fingerprint density at radius 3 is 2.52 bits per heavy atom. The Kier molecular flexibility index (Phi) is 4.68. The van der Waals surface area contributed by atoms with Crippen LogP contribution < -0.4 is 5.32 Å². The van der Waals surface area contributed by atoms with Crippen molar-refractivity contribution >= 4 is 38.1 Å². The molecule has 2 N–H and O–H groups in total. The molecule has 136 valence electrons. The molecular weight excluding hydrogens is 354 g/mol. The second-order valence-electron chi connectivity index (χ2n) is 7.01. The van der Waals surface area contributed by atoms with Gasteiger partial charge in [-0.05, 0) is 40.8 Å². The molecule has 3 nitrogen and oxygen atoms in total. The van der Waals surface area contributed by atoms with Crippen LogP contribution in [0.4, 0.5) is 0 Å². The third-order valence-electron chi connectivity index (χ3n) is 4.82. The number of hydrogen-bond acceptors (Lipinski definition) is 3. The van der Waals surface area contributed by atoms with Crippen molar-refractivity contribution in [1.29, 1.82) is 0 Å². The van der Waals surface area contributed by atoms with Crippen molar-refractivity contribution in [3.05, 3.63) is 83.2 Å². The number of nitrogens with one attached hydrogen (secondary N) is 1. The summed E-state index contributed by atoms with van der Waals surface area (Å²) < 4.78 is 1.13. The first-order chi connectivity index (χ1) is 13.0. The number of benzene rings is 3. The van der Waals surface area contributed by atoms with Gasteiger partial charge in [0.1, 0.15) is 5.60 Å². The van der Waals surface area contributed by atoms with Crippen molar-refractivity contribution in [3.63, 3.8) is 0 Å². The molecule has 0 aliphatic carbocycles. The van der Waals surface area contributed by atoms with Gasteiger partial charge in [-0.15, -0.1) is 11.3 Å². The molecule has 0 spiro atoms. The zero-order chi connectivity index (χ0) is 18.9. The number of hydrogen-bond donors (Lipinski definition) is 2. The average Bonchev–Trinajstić information content (AvgIpc) is 3.12. The summed E-state index contributed by atoms with van der Waals surface area (Å²) in [7, 11) is 0. The predicted molar refractivity (Wildman–Crippen MR) is 112 cm³/mol. The van der Waals surface area contributed by atoms with E-state index in [4.69, 9.17) is 0 Å². The van der Waals surface area contributed by atoms with Gasteiger partial charge in [0.2, 0.25) is 5.91 Å². The number of fused-ring (bicyclic) bond motifs is 2. The van der Waals surface area contributed by atoms with Crippen molar-refractivity contribution in [1.82, 2.24) is 5.32 Å². The summed E-state index contributed by atoms with van der Waals surface area (Å²) in [6, 6.07) is 24.1. The van der Waals surface area contributed by atoms with E-state index in [-0.39, 0.29) is 12.5 Å². The molecule has 0 saturated carbocycles. The molecule has 4 rings (SSSR count). The largest absolute Gasteiger partial charge is 0.383 e. The minimum atomic E-state index is -1.10. The van der Waals surface area contributed by atoms with Crippen molar-refractivity contribution in [2.75, 3.05) is 6.54 Å². The van der Waals surface area contributed by atoms with E-state index < -0.39 is 5.60 Å². The van der Waals surface area contributed by atoms with Gasteiger partial charge in [-0.1, -0.05) is 60.7 Å². The highest BCUT2D eigenvalue weighted by Gasteiger charge is 2.26. The van der Waals surface area contributed by atoms with Crippen LogP contribution in [0.1, 0.15) is 17.4 Å². The van der Waals surface area contributed by atoms with Crippen LogP contribution in [0.3, 0.4) is 0 Å². The monoisotopic (exact) mass is 375 g/mol. The first-order valence-electron chi connectivity index (χ1n) is 8.98. The van der Waals surface area contributed by atoms with Gasteiger partial charge >= 0.3 is 0 Å². The summed E-state index contributed by atoms with van der Waals surface area (Å²) in [4.78, 5) is 13.3. The second-order valence-corrected chi connectivity index (χ2v) is 8.10. The maximum Gasteiger partial charge on any atom is 0.224 e. The fourth-order valence-electron chi connectivity index (χ4n) is 3.29. The van der Waals surface area contributed by atoms with Crippen LogP contribution in [0.15, 0.2) is 72.8 Å². The molecule has 1 amide bonds. The number of thiophene rings is 1. The lowest BCUT2D eigenvalue weighted by Gasteiger charge is -2.22. The van der Waals surface area contributed by atoms with E-state index in [1.807, 2.05) is 72.8 Å². The third kappa shape index (κ3) is 3.72. The molecule has 4 heteroatoms. The molecule has 0 bridgehead atoms. The Balaban J connectivity index is 1.46. The van der Waals surface area contributed by atoms with E-state index in [1.165, 1.54) is 0 Å². The van der Waals surface area contributed by atoms with Crippen LogP contribution in [0.5, 0.6) is 0 Å². The number of rotatable bonds is 5. The van der Waals surface area contributed by atoms with E-state index in [0.717, 1.165) is 31.3 Å². The fraction of sp³-hybridized carbons (Fsp3) is 0.174. The molecule has 0 fully saturated rings. The van der Waals surface area contributed by atoms with E-state index >= 15 is 0 Å². The Morgan fingerprint density at radius 2 is 1.70 bits per heavy atom. The van der Waals surface area contributed by atoms with Gasteiger partial charge in [0.15, 0.2) is 0 Å². The summed E-state index contributed by atoms with van der Waals surface area (Å²) in [5.41, 5.74) is -0.106. The van der Waals surface area contributed by atoms with Gasteiger partial charge in [0.05, 0.1) is 13.0 Å². The first kappa shape index (κ1) is 17.7. The van der Waals surface area contributed by atoms with E-state index in [2.05, 4.69) is 5.32 Å². The molecule has 0 unspecified atom stereocenters. The lowest BCUT2D eigenvalue weighted by Crippen LogP contribution is -2.38. The van der Waals surface area contributed by atoms with Crippen LogP contribution in [-0.2, 0) is 16.8 Å². The van der Waals surface area contributed by atoms with Crippen LogP contribution in [0, 0.1) is 0 Å². The highest BCUT2D eigenvalue weighted by Crippen LogP contribution is 2.32. The number of carbonyl (C=O) groups is 1. The normalized spacial score (nSPS) is 13.6. The molecule has 0 saturated heterocycles. The molecular formula is C23H21NO2S. The van der Waals surface area contributed by atoms with Crippen molar-refractivity contribution in [2.45, 2.75) is 18.9 Å². The van der Waals surface area contributed by atoms with Crippen LogP contribution in [0.25, 0.3) is 20.9 Å². The standard InChI is InChI=1S/C23H21NO2S/c1-23(26,21-13-18-8-3-5-12-20(18)27-21)15-24-22(25)14-17-10-6-9-16-7-2-4-11-19(16)17/h2-13,26H,14-15H2,1H3,(H,24,25)/t23-/m1/s1. The smallest absolute Gasteiger partial charge is 0.224 e. The highest BCUT2D eigenvalue weighted by molar-refractivity contribution is 7.19. The Hall–Kier alpha value is -2.69. The van der Waals surface area contributed by atoms with Gasteiger partial charge in [-0.3, -0.25) is 4.79 Å². The topological polar surface area (TPSA) is 49.3 Å². The third-order valence-corrected chi connectivity index (χ3v) is 6.19. The minimum absolute atomic E-state index is 0.0901. The second kappa shape index (κ2) is 7.14. The zero-order valence-corrected chi connectivity index (χ0v) is 15.9. The summed E-state index contributed by atoms with van der Waals surface area (Å²) in [5, 5.41) is 17.1. The van der Waals surface area contributed by atoms with Gasteiger partial charge < -0.3 is 10.4 Å². The maximum atomic E-state index is 12.5. The van der Waals surface area contributed by atoms with E-state index in [1.54, 1.807) is 18.3 Å². The maximum absolute atomic E-state index is 12.5. The molecule has 1 heterocycles. The van der Waals surface area contributed by atoms with Crippen LogP contribution in [-0.4, -0.2) is 17.6 Å². The van der Waals surface area contributed by atoms with E-state index in [9.17, 15) is 9.90 Å².